The summed E-state index contributed by atoms with van der Waals surface area (Å²) in [5.41, 5.74) is 2.80. The molecule has 2 heterocycles. The first kappa shape index (κ1) is 17.5. The maximum atomic E-state index is 13.1. The molecule has 2 aliphatic rings. The van der Waals surface area contributed by atoms with E-state index >= 15 is 0 Å². The third kappa shape index (κ3) is 3.56. The van der Waals surface area contributed by atoms with Crippen LogP contribution in [0.3, 0.4) is 0 Å². The SMILES string of the molecule is CC1CCCCN1C(=O)N1Cc2ccc(C(=O)NO)cc2OC[C@@H]1C. The Morgan fingerprint density at radius 2 is 2.00 bits per heavy atom. The number of likely N-dealkylation sites (tertiary alicyclic amines) is 1. The van der Waals surface area contributed by atoms with Crippen molar-refractivity contribution in [1.82, 2.24) is 15.3 Å². The van der Waals surface area contributed by atoms with Gasteiger partial charge in [-0.1, -0.05) is 6.07 Å². The van der Waals surface area contributed by atoms with Gasteiger partial charge in [-0.15, -0.1) is 0 Å². The third-order valence-electron chi connectivity index (χ3n) is 5.08. The van der Waals surface area contributed by atoms with Crippen molar-refractivity contribution in [3.63, 3.8) is 0 Å². The minimum atomic E-state index is -0.584. The van der Waals surface area contributed by atoms with Crippen molar-refractivity contribution in [3.05, 3.63) is 29.3 Å². The summed E-state index contributed by atoms with van der Waals surface area (Å²) in [6.45, 7) is 5.68. The number of hydrogen-bond donors (Lipinski definition) is 2. The molecule has 7 nitrogen and oxygen atoms in total. The number of hydrogen-bond acceptors (Lipinski definition) is 4. The number of carbonyl (C=O) groups is 2. The number of hydroxylamine groups is 1. The molecule has 2 aliphatic heterocycles. The molecule has 0 bridgehead atoms. The molecule has 0 aromatic heterocycles. The average molecular weight is 347 g/mol. The lowest BCUT2D eigenvalue weighted by Gasteiger charge is -2.38. The van der Waals surface area contributed by atoms with E-state index in [4.69, 9.17) is 9.94 Å². The molecule has 25 heavy (non-hydrogen) atoms. The second-order valence-electron chi connectivity index (χ2n) is 6.87. The number of fused-ring (bicyclic) bond motifs is 1. The van der Waals surface area contributed by atoms with E-state index in [1.807, 2.05) is 16.7 Å². The van der Waals surface area contributed by atoms with Crippen molar-refractivity contribution in [2.45, 2.75) is 51.7 Å². The maximum Gasteiger partial charge on any atom is 0.320 e. The Balaban J connectivity index is 1.82. The molecule has 1 unspecified atom stereocenters. The van der Waals surface area contributed by atoms with Crippen LogP contribution in [0.15, 0.2) is 18.2 Å². The van der Waals surface area contributed by atoms with Crippen LogP contribution >= 0.6 is 0 Å². The lowest BCUT2D eigenvalue weighted by atomic mass is 10.0. The van der Waals surface area contributed by atoms with E-state index in [1.165, 1.54) is 6.42 Å². The number of nitrogens with one attached hydrogen (secondary N) is 1. The summed E-state index contributed by atoms with van der Waals surface area (Å²) in [4.78, 5) is 28.4. The predicted molar refractivity (Wildman–Crippen MR) is 91.6 cm³/mol. The van der Waals surface area contributed by atoms with Gasteiger partial charge >= 0.3 is 6.03 Å². The molecule has 0 saturated carbocycles. The molecule has 1 saturated heterocycles. The van der Waals surface area contributed by atoms with Crippen LogP contribution in [-0.4, -0.2) is 52.2 Å². The molecule has 7 heteroatoms. The van der Waals surface area contributed by atoms with E-state index in [1.54, 1.807) is 23.7 Å². The molecule has 0 aliphatic carbocycles. The molecule has 3 rings (SSSR count). The van der Waals surface area contributed by atoms with Crippen molar-refractivity contribution in [3.8, 4) is 5.75 Å². The fraction of sp³-hybridized carbons (Fsp3) is 0.556. The first-order chi connectivity index (χ1) is 12.0. The number of ether oxygens (including phenoxy) is 1. The van der Waals surface area contributed by atoms with E-state index in [0.717, 1.165) is 24.9 Å². The summed E-state index contributed by atoms with van der Waals surface area (Å²) >= 11 is 0. The second kappa shape index (κ2) is 7.31. The van der Waals surface area contributed by atoms with Crippen LogP contribution < -0.4 is 10.2 Å². The zero-order valence-corrected chi connectivity index (χ0v) is 14.7. The highest BCUT2D eigenvalue weighted by Crippen LogP contribution is 2.28. The van der Waals surface area contributed by atoms with Crippen LogP contribution in [0.5, 0.6) is 5.75 Å². The van der Waals surface area contributed by atoms with Crippen LogP contribution in [0.2, 0.25) is 0 Å². The quantitative estimate of drug-likeness (QED) is 0.604. The second-order valence-corrected chi connectivity index (χ2v) is 6.87. The molecule has 0 radical (unpaired) electrons. The molecule has 1 aromatic carbocycles. The number of rotatable bonds is 1. The van der Waals surface area contributed by atoms with Crippen LogP contribution in [0.4, 0.5) is 4.79 Å². The fourth-order valence-electron chi connectivity index (χ4n) is 3.47. The lowest BCUT2D eigenvalue weighted by Crippen LogP contribution is -2.52. The first-order valence-electron chi connectivity index (χ1n) is 8.78. The van der Waals surface area contributed by atoms with Crippen molar-refractivity contribution < 1.29 is 19.5 Å². The van der Waals surface area contributed by atoms with Gasteiger partial charge in [0.2, 0.25) is 0 Å². The predicted octanol–water partition coefficient (Wildman–Crippen LogP) is 2.38. The normalized spacial score (nSPS) is 23.3. The number of nitrogens with zero attached hydrogens (tertiary/aromatic N) is 2. The standard InChI is InChI=1S/C18H25N3O4/c1-12-5-3-4-8-20(12)18(23)21-10-15-7-6-14(17(22)19-24)9-16(15)25-11-13(21)2/h6-7,9,12-13,24H,3-5,8,10-11H2,1-2H3,(H,19,22)/t12?,13-/m0/s1. The molecule has 2 atom stereocenters. The highest BCUT2D eigenvalue weighted by molar-refractivity contribution is 5.93. The van der Waals surface area contributed by atoms with Crippen molar-refractivity contribution in [2.75, 3.05) is 13.2 Å². The largest absolute Gasteiger partial charge is 0.491 e. The van der Waals surface area contributed by atoms with Crippen LogP contribution in [-0.2, 0) is 6.54 Å². The van der Waals surface area contributed by atoms with Gasteiger partial charge in [0, 0.05) is 23.7 Å². The van der Waals surface area contributed by atoms with Gasteiger partial charge in [0.25, 0.3) is 5.91 Å². The van der Waals surface area contributed by atoms with Crippen molar-refractivity contribution in [1.29, 1.82) is 0 Å². The smallest absolute Gasteiger partial charge is 0.320 e. The average Bonchev–Trinajstić information content (AvgIpc) is 2.79. The Morgan fingerprint density at radius 3 is 2.72 bits per heavy atom. The van der Waals surface area contributed by atoms with Gasteiger partial charge < -0.3 is 14.5 Å². The fourth-order valence-corrected chi connectivity index (χ4v) is 3.47. The van der Waals surface area contributed by atoms with E-state index in [-0.39, 0.29) is 18.1 Å². The van der Waals surface area contributed by atoms with Gasteiger partial charge in [-0.3, -0.25) is 10.0 Å². The molecule has 1 fully saturated rings. The Morgan fingerprint density at radius 1 is 1.20 bits per heavy atom. The summed E-state index contributed by atoms with van der Waals surface area (Å²) in [5.74, 6) is -0.00582. The molecule has 136 valence electrons. The minimum Gasteiger partial charge on any atom is -0.491 e. The number of urea groups is 1. The summed E-state index contributed by atoms with van der Waals surface area (Å²) in [5, 5.41) is 8.78. The van der Waals surface area contributed by atoms with Crippen molar-refractivity contribution >= 4 is 11.9 Å². The van der Waals surface area contributed by atoms with E-state index < -0.39 is 5.91 Å². The van der Waals surface area contributed by atoms with Gasteiger partial charge in [0.05, 0.1) is 12.6 Å². The number of piperidine rings is 1. The zero-order chi connectivity index (χ0) is 18.0. The Labute approximate surface area is 147 Å². The van der Waals surface area contributed by atoms with Crippen LogP contribution in [0, 0.1) is 0 Å². The zero-order valence-electron chi connectivity index (χ0n) is 14.7. The number of amides is 3. The summed E-state index contributed by atoms with van der Waals surface area (Å²) in [6, 6.07) is 5.24. The lowest BCUT2D eigenvalue weighted by molar-refractivity contribution is 0.0706. The van der Waals surface area contributed by atoms with E-state index in [9.17, 15) is 9.59 Å². The van der Waals surface area contributed by atoms with Gasteiger partial charge in [-0.2, -0.15) is 0 Å². The van der Waals surface area contributed by atoms with E-state index in [2.05, 4.69) is 6.92 Å². The van der Waals surface area contributed by atoms with Crippen molar-refractivity contribution in [2.24, 2.45) is 0 Å². The third-order valence-corrected chi connectivity index (χ3v) is 5.08. The number of benzene rings is 1. The molecule has 3 amide bonds. The first-order valence-corrected chi connectivity index (χ1v) is 8.78. The highest BCUT2D eigenvalue weighted by Gasteiger charge is 2.32. The van der Waals surface area contributed by atoms with Crippen LogP contribution in [0.1, 0.15) is 49.0 Å². The Kier molecular flexibility index (Phi) is 5.13. The molecule has 0 spiro atoms. The van der Waals surface area contributed by atoms with E-state index in [0.29, 0.717) is 24.5 Å². The maximum absolute atomic E-state index is 13.1. The summed E-state index contributed by atoms with van der Waals surface area (Å²) < 4.78 is 5.82. The molecule has 2 N–H and O–H groups in total. The van der Waals surface area contributed by atoms with Gasteiger partial charge in [-0.05, 0) is 45.2 Å². The van der Waals surface area contributed by atoms with Gasteiger partial charge in [-0.25, -0.2) is 10.3 Å². The summed E-state index contributed by atoms with van der Waals surface area (Å²) in [6.07, 6.45) is 3.26. The molecule has 1 aromatic rings. The monoisotopic (exact) mass is 347 g/mol. The topological polar surface area (TPSA) is 82.1 Å². The highest BCUT2D eigenvalue weighted by atomic mass is 16.5. The van der Waals surface area contributed by atoms with Crippen LogP contribution in [0.25, 0.3) is 0 Å². The van der Waals surface area contributed by atoms with Gasteiger partial charge in [0.15, 0.2) is 0 Å². The minimum absolute atomic E-state index is 0.0494. The van der Waals surface area contributed by atoms with Gasteiger partial charge in [0.1, 0.15) is 12.4 Å². The Bertz CT molecular complexity index is 664. The molecular weight excluding hydrogens is 322 g/mol. The molecular formula is C18H25N3O4. The summed E-state index contributed by atoms with van der Waals surface area (Å²) in [7, 11) is 0. The Hall–Kier alpha value is -2.28. The number of carbonyl (C=O) groups excluding carboxylic acids is 2.